The third-order valence-corrected chi connectivity index (χ3v) is 3.91. The molecule has 2 heteroatoms. The third kappa shape index (κ3) is 1.75. The Hall–Kier alpha value is -1.67. The summed E-state index contributed by atoms with van der Waals surface area (Å²) < 4.78 is 0. The molecular weight excluding hydrogens is 226 g/mol. The predicted molar refractivity (Wildman–Crippen MR) is 74.5 cm³/mol. The van der Waals surface area contributed by atoms with Crippen LogP contribution >= 0.6 is 11.3 Å². The number of fused-ring (bicyclic) bond motifs is 1. The number of aromatic nitrogens is 1. The van der Waals surface area contributed by atoms with Crippen LogP contribution in [0, 0.1) is 13.8 Å². The molecule has 0 atom stereocenters. The van der Waals surface area contributed by atoms with Gasteiger partial charge < -0.3 is 0 Å². The number of rotatable bonds is 1. The van der Waals surface area contributed by atoms with Crippen molar-refractivity contribution in [2.24, 2.45) is 0 Å². The Morgan fingerprint density at radius 3 is 2.71 bits per heavy atom. The minimum absolute atomic E-state index is 1.11. The predicted octanol–water partition coefficient (Wildman–Crippen LogP) is 4.58. The van der Waals surface area contributed by atoms with Gasteiger partial charge in [-0.05, 0) is 53.4 Å². The summed E-state index contributed by atoms with van der Waals surface area (Å²) in [5.74, 6) is 0. The first kappa shape index (κ1) is 10.5. The van der Waals surface area contributed by atoms with Crippen LogP contribution in [0.15, 0.2) is 41.2 Å². The van der Waals surface area contributed by atoms with E-state index in [0.717, 1.165) is 5.52 Å². The van der Waals surface area contributed by atoms with Crippen molar-refractivity contribution in [3.8, 4) is 11.1 Å². The Balaban J connectivity index is 2.24. The van der Waals surface area contributed by atoms with Gasteiger partial charge in [-0.3, -0.25) is 4.98 Å². The van der Waals surface area contributed by atoms with E-state index in [9.17, 15) is 0 Å². The second kappa shape index (κ2) is 3.97. The van der Waals surface area contributed by atoms with Gasteiger partial charge in [0.1, 0.15) is 0 Å². The fourth-order valence-corrected chi connectivity index (χ4v) is 2.70. The van der Waals surface area contributed by atoms with E-state index in [1.807, 2.05) is 6.20 Å². The Kier molecular flexibility index (Phi) is 2.45. The first-order valence-corrected chi connectivity index (χ1v) is 6.58. The molecule has 0 saturated carbocycles. The molecule has 84 valence electrons. The molecule has 0 bridgehead atoms. The molecular formula is C15H13NS. The second-order valence-electron chi connectivity index (χ2n) is 4.32. The molecule has 0 amide bonds. The van der Waals surface area contributed by atoms with E-state index in [-0.39, 0.29) is 0 Å². The number of aryl methyl sites for hydroxylation is 2. The first-order valence-electron chi connectivity index (χ1n) is 5.64. The zero-order valence-electron chi connectivity index (χ0n) is 9.90. The van der Waals surface area contributed by atoms with Crippen molar-refractivity contribution < 1.29 is 0 Å². The van der Waals surface area contributed by atoms with Crippen LogP contribution in [0.5, 0.6) is 0 Å². The van der Waals surface area contributed by atoms with Gasteiger partial charge in [0.15, 0.2) is 0 Å². The lowest BCUT2D eigenvalue weighted by Crippen LogP contribution is -1.88. The molecule has 0 aliphatic carbocycles. The molecule has 3 aromatic rings. The molecule has 0 unspecified atom stereocenters. The lowest BCUT2D eigenvalue weighted by Gasteiger charge is -2.06. The van der Waals surface area contributed by atoms with E-state index >= 15 is 0 Å². The van der Waals surface area contributed by atoms with Crippen LogP contribution in [0.25, 0.3) is 22.0 Å². The van der Waals surface area contributed by atoms with Crippen molar-refractivity contribution in [1.82, 2.24) is 4.98 Å². The molecule has 3 rings (SSSR count). The molecule has 2 aromatic heterocycles. The number of hydrogen-bond acceptors (Lipinski definition) is 2. The average Bonchev–Trinajstić information content (AvgIpc) is 2.87. The van der Waals surface area contributed by atoms with Crippen molar-refractivity contribution >= 4 is 22.2 Å². The van der Waals surface area contributed by atoms with Crippen LogP contribution in [-0.2, 0) is 0 Å². The van der Waals surface area contributed by atoms with Crippen LogP contribution in [0.3, 0.4) is 0 Å². The third-order valence-electron chi connectivity index (χ3n) is 3.23. The molecule has 0 N–H and O–H groups in total. The molecule has 2 heterocycles. The molecule has 0 spiro atoms. The lowest BCUT2D eigenvalue weighted by atomic mass is 10.0. The van der Waals surface area contributed by atoms with E-state index in [4.69, 9.17) is 0 Å². The number of pyridine rings is 1. The topological polar surface area (TPSA) is 12.9 Å². The van der Waals surface area contributed by atoms with Crippen molar-refractivity contribution in [2.75, 3.05) is 0 Å². The summed E-state index contributed by atoms with van der Waals surface area (Å²) in [5, 5.41) is 5.47. The van der Waals surface area contributed by atoms with Crippen LogP contribution in [0.2, 0.25) is 0 Å². The van der Waals surface area contributed by atoms with Crippen molar-refractivity contribution in [1.29, 1.82) is 0 Å². The number of thiophene rings is 1. The highest BCUT2D eigenvalue weighted by molar-refractivity contribution is 7.08. The van der Waals surface area contributed by atoms with Crippen molar-refractivity contribution in [3.63, 3.8) is 0 Å². The number of hydrogen-bond donors (Lipinski definition) is 0. The van der Waals surface area contributed by atoms with Crippen LogP contribution in [0.1, 0.15) is 11.1 Å². The Labute approximate surface area is 105 Å². The lowest BCUT2D eigenvalue weighted by molar-refractivity contribution is 1.31. The quantitative estimate of drug-likeness (QED) is 0.605. The second-order valence-corrected chi connectivity index (χ2v) is 5.10. The molecule has 17 heavy (non-hydrogen) atoms. The average molecular weight is 239 g/mol. The summed E-state index contributed by atoms with van der Waals surface area (Å²) in [7, 11) is 0. The minimum atomic E-state index is 1.11. The van der Waals surface area contributed by atoms with Crippen LogP contribution < -0.4 is 0 Å². The normalized spacial score (nSPS) is 10.9. The highest BCUT2D eigenvalue weighted by Gasteiger charge is 2.04. The van der Waals surface area contributed by atoms with Gasteiger partial charge in [0, 0.05) is 17.1 Å². The zero-order chi connectivity index (χ0) is 11.8. The first-order chi connectivity index (χ1) is 8.25. The summed E-state index contributed by atoms with van der Waals surface area (Å²) in [6.07, 6.45) is 1.97. The van der Waals surface area contributed by atoms with Gasteiger partial charge in [-0.25, -0.2) is 0 Å². The highest BCUT2D eigenvalue weighted by Crippen LogP contribution is 2.26. The molecule has 1 aromatic carbocycles. The van der Waals surface area contributed by atoms with Crippen molar-refractivity contribution in [2.45, 2.75) is 13.8 Å². The molecule has 0 saturated heterocycles. The van der Waals surface area contributed by atoms with Gasteiger partial charge in [-0.1, -0.05) is 12.1 Å². The Morgan fingerprint density at radius 1 is 1.06 bits per heavy atom. The van der Waals surface area contributed by atoms with Gasteiger partial charge in [-0.15, -0.1) is 0 Å². The molecule has 0 radical (unpaired) electrons. The molecule has 0 aliphatic rings. The fraction of sp³-hybridized carbons (Fsp3) is 0.133. The zero-order valence-corrected chi connectivity index (χ0v) is 10.7. The van der Waals surface area contributed by atoms with Gasteiger partial charge >= 0.3 is 0 Å². The number of nitrogens with zero attached hydrogens (tertiary/aromatic N) is 1. The summed E-state index contributed by atoms with van der Waals surface area (Å²) >= 11 is 1.72. The monoisotopic (exact) mass is 239 g/mol. The van der Waals surface area contributed by atoms with E-state index in [2.05, 4.69) is 53.9 Å². The summed E-state index contributed by atoms with van der Waals surface area (Å²) in [4.78, 5) is 4.60. The van der Waals surface area contributed by atoms with Crippen molar-refractivity contribution in [3.05, 3.63) is 52.3 Å². The van der Waals surface area contributed by atoms with Gasteiger partial charge in [-0.2, -0.15) is 11.3 Å². The maximum absolute atomic E-state index is 4.60. The number of benzene rings is 1. The van der Waals surface area contributed by atoms with Gasteiger partial charge in [0.2, 0.25) is 0 Å². The fourth-order valence-electron chi connectivity index (χ4n) is 2.04. The smallest absolute Gasteiger partial charge is 0.0734 e. The minimum Gasteiger partial charge on any atom is -0.255 e. The molecule has 0 aliphatic heterocycles. The maximum atomic E-state index is 4.60. The van der Waals surface area contributed by atoms with Crippen LogP contribution in [-0.4, -0.2) is 4.98 Å². The molecule has 0 fully saturated rings. The largest absolute Gasteiger partial charge is 0.255 e. The Morgan fingerprint density at radius 2 is 1.94 bits per heavy atom. The van der Waals surface area contributed by atoms with Gasteiger partial charge in [0.25, 0.3) is 0 Å². The highest BCUT2D eigenvalue weighted by atomic mass is 32.1. The van der Waals surface area contributed by atoms with Gasteiger partial charge in [0.05, 0.1) is 5.52 Å². The Bertz CT molecular complexity index is 669. The molecule has 1 nitrogen and oxygen atoms in total. The summed E-state index contributed by atoms with van der Waals surface area (Å²) in [5.41, 5.74) is 6.14. The standard InChI is InChI=1S/C15H13NS/c1-10-3-4-12-7-14(13-5-6-17-9-13)8-16-15(12)11(10)2/h3-9H,1-2H3. The van der Waals surface area contributed by atoms with Crippen LogP contribution in [0.4, 0.5) is 0 Å². The summed E-state index contributed by atoms with van der Waals surface area (Å²) in [6, 6.07) is 8.67. The van der Waals surface area contributed by atoms with E-state index in [1.165, 1.54) is 27.6 Å². The van der Waals surface area contributed by atoms with E-state index < -0.39 is 0 Å². The van der Waals surface area contributed by atoms with E-state index in [0.29, 0.717) is 0 Å². The maximum Gasteiger partial charge on any atom is 0.0734 e. The summed E-state index contributed by atoms with van der Waals surface area (Å²) in [6.45, 7) is 4.26. The SMILES string of the molecule is Cc1ccc2cc(-c3ccsc3)cnc2c1C. The van der Waals surface area contributed by atoms with E-state index in [1.54, 1.807) is 11.3 Å².